The lowest BCUT2D eigenvalue weighted by molar-refractivity contribution is -0.102. The molecule has 0 heterocycles. The quantitative estimate of drug-likeness (QED) is 0.242. The molecule has 7 heavy (non-hydrogen) atoms. The second kappa shape index (κ2) is 3.08. The molecule has 0 fully saturated rings. The number of allylic oxidation sites excluding steroid dienone is 1. The molecule has 0 bridgehead atoms. The average molecular weight is 98.1 g/mol. The van der Waals surface area contributed by atoms with E-state index in [1.807, 2.05) is 0 Å². The molecular formula is C4H8N3+. The lowest BCUT2D eigenvalue weighted by atomic mass is 10.4. The van der Waals surface area contributed by atoms with Gasteiger partial charge in [-0.15, -0.1) is 0 Å². The monoisotopic (exact) mass is 98.1 g/mol. The van der Waals surface area contributed by atoms with Crippen molar-refractivity contribution in [2.24, 2.45) is 10.9 Å². The minimum atomic E-state index is 0.500. The number of hydrazone groups is 1. The predicted molar refractivity (Wildman–Crippen MR) is 29.8 cm³/mol. The fraction of sp³-hybridized carbons (Fsp3) is 0. The Kier molecular flexibility index (Phi) is 2.59. The highest BCUT2D eigenvalue weighted by atomic mass is 15.1. The molecule has 0 spiro atoms. The van der Waals surface area contributed by atoms with Gasteiger partial charge in [-0.25, -0.2) is 0 Å². The van der Waals surface area contributed by atoms with Gasteiger partial charge in [0, 0.05) is 0 Å². The van der Waals surface area contributed by atoms with Crippen LogP contribution in [0.4, 0.5) is 0 Å². The molecule has 0 rings (SSSR count). The topological polar surface area (TPSA) is 64.0 Å². The third kappa shape index (κ3) is 1.70. The maximum atomic E-state index is 4.99. The summed E-state index contributed by atoms with van der Waals surface area (Å²) in [6.45, 7) is 3.38. The summed E-state index contributed by atoms with van der Waals surface area (Å²) in [5.41, 5.74) is 0.500. The molecule has 0 aliphatic heterocycles. The van der Waals surface area contributed by atoms with Crippen LogP contribution in [-0.2, 0) is 0 Å². The summed E-state index contributed by atoms with van der Waals surface area (Å²) in [5, 5.41) is 8.23. The van der Waals surface area contributed by atoms with Crippen LogP contribution in [0.25, 0.3) is 0 Å². The molecule has 0 radical (unpaired) electrons. The molecule has 0 unspecified atom stereocenters. The van der Waals surface area contributed by atoms with Crippen LogP contribution in [-0.4, -0.2) is 11.9 Å². The molecule has 3 nitrogen and oxygen atoms in total. The molecule has 0 saturated heterocycles. The summed E-state index contributed by atoms with van der Waals surface area (Å²) in [6, 6.07) is 0. The van der Waals surface area contributed by atoms with Crippen molar-refractivity contribution in [3.63, 3.8) is 0 Å². The number of rotatable bonds is 2. The van der Waals surface area contributed by atoms with Crippen molar-refractivity contribution in [3.05, 3.63) is 12.7 Å². The van der Waals surface area contributed by atoms with Gasteiger partial charge in [0.25, 0.3) is 0 Å². The van der Waals surface area contributed by atoms with Crippen molar-refractivity contribution >= 4 is 11.9 Å². The zero-order valence-corrected chi connectivity index (χ0v) is 3.96. The van der Waals surface area contributed by atoms with Gasteiger partial charge in [-0.05, 0) is 6.08 Å². The molecule has 0 aromatic rings. The first-order valence-electron chi connectivity index (χ1n) is 1.80. The Morgan fingerprint density at radius 1 is 1.86 bits per heavy atom. The minimum absolute atomic E-state index is 0.500. The maximum Gasteiger partial charge on any atom is 0.187 e. The van der Waals surface area contributed by atoms with Crippen molar-refractivity contribution in [2.45, 2.75) is 0 Å². The Hall–Kier alpha value is -1.12. The van der Waals surface area contributed by atoms with Crippen molar-refractivity contribution in [3.8, 4) is 0 Å². The van der Waals surface area contributed by atoms with E-state index in [4.69, 9.17) is 11.3 Å². The van der Waals surface area contributed by atoms with Gasteiger partial charge in [-0.3, -0.25) is 5.41 Å². The zero-order chi connectivity index (χ0) is 5.70. The smallest absolute Gasteiger partial charge is 0.187 e. The van der Waals surface area contributed by atoms with E-state index in [1.54, 1.807) is 0 Å². The fourth-order valence-corrected chi connectivity index (χ4v) is 0.164. The first-order chi connectivity index (χ1) is 3.35. The third-order valence-corrected chi connectivity index (χ3v) is 0.529. The number of hydrogen-bond acceptors (Lipinski definition) is 2. The number of hydrogen-bond donors (Lipinski definition) is 2. The van der Waals surface area contributed by atoms with Crippen LogP contribution in [0, 0.1) is 0 Å². The lowest BCUT2D eigenvalue weighted by Crippen LogP contribution is -2.33. The molecule has 0 amide bonds. The minimum Gasteiger partial charge on any atom is -0.322 e. The van der Waals surface area contributed by atoms with Gasteiger partial charge >= 0.3 is 0 Å². The van der Waals surface area contributed by atoms with Crippen molar-refractivity contribution < 1.29 is 5.41 Å². The fourth-order valence-electron chi connectivity index (χ4n) is 0.164. The van der Waals surface area contributed by atoms with E-state index in [0.717, 1.165) is 0 Å². The summed E-state index contributed by atoms with van der Waals surface area (Å²) >= 11 is 0. The van der Waals surface area contributed by atoms with Gasteiger partial charge in [0.1, 0.15) is 5.71 Å². The summed E-state index contributed by atoms with van der Waals surface area (Å²) in [6.07, 6.45) is 2.76. The van der Waals surface area contributed by atoms with Crippen LogP contribution in [0.5, 0.6) is 0 Å². The van der Waals surface area contributed by atoms with E-state index in [1.165, 1.54) is 12.3 Å². The molecule has 0 aromatic carbocycles. The molecule has 38 valence electrons. The van der Waals surface area contributed by atoms with Crippen molar-refractivity contribution in [1.82, 2.24) is 0 Å². The normalized spacial score (nSPS) is 10.6. The van der Waals surface area contributed by atoms with E-state index in [-0.39, 0.29) is 0 Å². The van der Waals surface area contributed by atoms with E-state index in [2.05, 4.69) is 11.7 Å². The van der Waals surface area contributed by atoms with Crippen LogP contribution >= 0.6 is 0 Å². The summed E-state index contributed by atoms with van der Waals surface area (Å²) in [5.74, 6) is 4.80. The van der Waals surface area contributed by atoms with Crippen LogP contribution in [0.3, 0.4) is 0 Å². The van der Waals surface area contributed by atoms with Crippen molar-refractivity contribution in [2.75, 3.05) is 0 Å². The van der Waals surface area contributed by atoms with Gasteiger partial charge in [0.2, 0.25) is 0 Å². The van der Waals surface area contributed by atoms with E-state index >= 15 is 0 Å². The Balaban J connectivity index is 3.85. The van der Waals surface area contributed by atoms with E-state index in [0.29, 0.717) is 5.71 Å². The van der Waals surface area contributed by atoms with Gasteiger partial charge in [0.15, 0.2) is 6.21 Å². The maximum absolute atomic E-state index is 4.99. The molecule has 0 aromatic heterocycles. The molecule has 0 aliphatic rings. The summed E-state index contributed by atoms with van der Waals surface area (Å²) < 4.78 is 0. The van der Waals surface area contributed by atoms with Gasteiger partial charge in [-0.1, -0.05) is 6.58 Å². The largest absolute Gasteiger partial charge is 0.322 e. The van der Waals surface area contributed by atoms with Gasteiger partial charge in [0.05, 0.1) is 0 Å². The molecule has 0 saturated carbocycles. The SMILES string of the molecule is C=CC(C=[NH2+])=NN. The second-order valence-electron chi connectivity index (χ2n) is 0.925. The van der Waals surface area contributed by atoms with Gasteiger partial charge in [-0.2, -0.15) is 5.10 Å². The first kappa shape index (κ1) is 5.88. The van der Waals surface area contributed by atoms with Crippen LogP contribution < -0.4 is 11.3 Å². The summed E-state index contributed by atoms with van der Waals surface area (Å²) in [7, 11) is 0. The molecule has 4 N–H and O–H groups in total. The highest BCUT2D eigenvalue weighted by molar-refractivity contribution is 6.33. The Morgan fingerprint density at radius 3 is 2.43 bits per heavy atom. The Bertz CT molecular complexity index is 93.5. The average Bonchev–Trinajstić information content (AvgIpc) is 1.72. The summed E-state index contributed by atoms with van der Waals surface area (Å²) in [4.78, 5) is 0. The standard InChI is InChI=1S/C4H7N3/c1-2-4(3-5)7-6/h2-3,5H,1,6H2/p+1. The highest BCUT2D eigenvalue weighted by Gasteiger charge is 1.82. The Labute approximate surface area is 42.0 Å². The number of nitrogens with zero attached hydrogens (tertiary/aromatic N) is 1. The zero-order valence-electron chi connectivity index (χ0n) is 3.96. The van der Waals surface area contributed by atoms with E-state index in [9.17, 15) is 0 Å². The van der Waals surface area contributed by atoms with Crippen LogP contribution in [0.2, 0.25) is 0 Å². The molecule has 0 atom stereocenters. The first-order valence-corrected chi connectivity index (χ1v) is 1.80. The highest BCUT2D eigenvalue weighted by Crippen LogP contribution is 1.63. The van der Waals surface area contributed by atoms with E-state index < -0.39 is 0 Å². The molecule has 0 aliphatic carbocycles. The van der Waals surface area contributed by atoms with Crippen molar-refractivity contribution in [1.29, 1.82) is 0 Å². The second-order valence-corrected chi connectivity index (χ2v) is 0.925. The van der Waals surface area contributed by atoms with Crippen LogP contribution in [0.1, 0.15) is 0 Å². The lowest BCUT2D eigenvalue weighted by Gasteiger charge is -1.75. The molecular weight excluding hydrogens is 90.1 g/mol. The van der Waals surface area contributed by atoms with Gasteiger partial charge < -0.3 is 5.84 Å². The molecule has 3 heteroatoms. The number of nitrogens with two attached hydrogens (primary N) is 2. The third-order valence-electron chi connectivity index (χ3n) is 0.529. The predicted octanol–water partition coefficient (Wildman–Crippen LogP) is -1.68. The Morgan fingerprint density at radius 2 is 2.43 bits per heavy atom. The van der Waals surface area contributed by atoms with Crippen LogP contribution in [0.15, 0.2) is 17.8 Å².